The Kier molecular flexibility index (Phi) is 3.07. The average molecular weight is 268 g/mol. The van der Waals surface area contributed by atoms with Crippen molar-refractivity contribution in [3.63, 3.8) is 0 Å². The number of aromatic nitrogens is 1. The van der Waals surface area contributed by atoms with Gasteiger partial charge in [-0.25, -0.2) is 0 Å². The maximum atomic E-state index is 3.55. The highest BCUT2D eigenvalue weighted by atomic mass is 15.0. The van der Waals surface area contributed by atoms with E-state index in [1.807, 2.05) is 0 Å². The fourth-order valence-corrected chi connectivity index (χ4v) is 4.41. The summed E-state index contributed by atoms with van der Waals surface area (Å²) in [6, 6.07) is 7.58. The van der Waals surface area contributed by atoms with Gasteiger partial charge in [-0.05, 0) is 49.8 Å². The van der Waals surface area contributed by atoms with Crippen LogP contribution in [0.4, 0.5) is 0 Å². The van der Waals surface area contributed by atoms with Crippen molar-refractivity contribution in [2.45, 2.75) is 51.1 Å². The topological polar surface area (TPSA) is 17.0 Å². The first-order chi connectivity index (χ1) is 9.86. The highest BCUT2D eigenvalue weighted by molar-refractivity contribution is 5.88. The quantitative estimate of drug-likeness (QED) is 0.901. The molecule has 1 aliphatic carbocycles. The van der Waals surface area contributed by atoms with Crippen LogP contribution in [-0.2, 0) is 19.4 Å². The molecule has 1 aromatic heterocycles. The van der Waals surface area contributed by atoms with Crippen LogP contribution in [0, 0.1) is 5.92 Å². The Morgan fingerprint density at radius 1 is 1.25 bits per heavy atom. The third-order valence-corrected chi connectivity index (χ3v) is 5.45. The molecule has 2 heteroatoms. The van der Waals surface area contributed by atoms with Crippen LogP contribution in [0.5, 0.6) is 0 Å². The van der Waals surface area contributed by atoms with Gasteiger partial charge in [0.1, 0.15) is 0 Å². The van der Waals surface area contributed by atoms with Gasteiger partial charge in [0.05, 0.1) is 5.52 Å². The summed E-state index contributed by atoms with van der Waals surface area (Å²) >= 11 is 0. The fourth-order valence-electron chi connectivity index (χ4n) is 4.41. The second kappa shape index (κ2) is 4.92. The molecule has 0 spiro atoms. The summed E-state index contributed by atoms with van der Waals surface area (Å²) < 4.78 is 2.48. The normalized spacial score (nSPS) is 25.4. The number of benzene rings is 1. The molecule has 2 atom stereocenters. The van der Waals surface area contributed by atoms with Gasteiger partial charge in [0.25, 0.3) is 0 Å². The summed E-state index contributed by atoms with van der Waals surface area (Å²) in [5.74, 6) is 0.816. The van der Waals surface area contributed by atoms with E-state index in [4.69, 9.17) is 0 Å². The number of aryl methyl sites for hydroxylation is 2. The molecule has 0 radical (unpaired) electrons. The van der Waals surface area contributed by atoms with Gasteiger partial charge >= 0.3 is 0 Å². The zero-order valence-electron chi connectivity index (χ0n) is 12.4. The molecular formula is C18H24N2. The summed E-state index contributed by atoms with van der Waals surface area (Å²) in [6.07, 6.45) is 10.4. The van der Waals surface area contributed by atoms with Crippen LogP contribution in [0.25, 0.3) is 10.9 Å². The predicted molar refractivity (Wildman–Crippen MR) is 84.2 cm³/mol. The van der Waals surface area contributed by atoms with Crippen molar-refractivity contribution >= 4 is 10.9 Å². The molecule has 2 unspecified atom stereocenters. The molecule has 4 rings (SSSR count). The third-order valence-electron chi connectivity index (χ3n) is 5.45. The molecule has 0 amide bonds. The molecule has 1 saturated carbocycles. The molecule has 2 heterocycles. The van der Waals surface area contributed by atoms with E-state index in [-0.39, 0.29) is 0 Å². The van der Waals surface area contributed by atoms with E-state index in [1.54, 1.807) is 11.1 Å². The Morgan fingerprint density at radius 2 is 2.15 bits per heavy atom. The number of hydrogen-bond acceptors (Lipinski definition) is 1. The number of nitrogens with one attached hydrogen (secondary N) is 1. The van der Waals surface area contributed by atoms with Crippen LogP contribution in [0.1, 0.15) is 36.8 Å². The van der Waals surface area contributed by atoms with Crippen molar-refractivity contribution in [1.82, 2.24) is 9.88 Å². The minimum Gasteiger partial charge on any atom is -0.347 e. The molecule has 0 saturated heterocycles. The van der Waals surface area contributed by atoms with Crippen molar-refractivity contribution < 1.29 is 0 Å². The molecule has 106 valence electrons. The van der Waals surface area contributed by atoms with Crippen molar-refractivity contribution in [2.75, 3.05) is 7.05 Å². The average Bonchev–Trinajstić information content (AvgIpc) is 3.05. The molecular weight excluding hydrogens is 244 g/mol. The van der Waals surface area contributed by atoms with Gasteiger partial charge < -0.3 is 9.88 Å². The lowest BCUT2D eigenvalue weighted by Gasteiger charge is -2.31. The summed E-state index contributed by atoms with van der Waals surface area (Å²) in [5.41, 5.74) is 4.63. The SMILES string of the molecule is CNC1CCCCC1Cc1cn2c3c(cccc13)CC2. The number of rotatable bonds is 3. The van der Waals surface area contributed by atoms with E-state index in [2.05, 4.69) is 41.3 Å². The van der Waals surface area contributed by atoms with Crippen LogP contribution in [0.2, 0.25) is 0 Å². The van der Waals surface area contributed by atoms with E-state index in [0.29, 0.717) is 6.04 Å². The Labute approximate surface area is 121 Å². The summed E-state index contributed by atoms with van der Waals surface area (Å²) in [7, 11) is 2.13. The van der Waals surface area contributed by atoms with Gasteiger partial charge in [-0.3, -0.25) is 0 Å². The smallest absolute Gasteiger partial charge is 0.0516 e. The molecule has 1 aliphatic heterocycles. The standard InChI is InChI=1S/C18H24N2/c1-19-17-8-3-2-5-14(17)11-15-12-20-10-9-13-6-4-7-16(15)18(13)20/h4,6-7,12,14,17,19H,2-3,5,8-11H2,1H3. The molecule has 2 nitrogen and oxygen atoms in total. The lowest BCUT2D eigenvalue weighted by molar-refractivity contribution is 0.273. The monoisotopic (exact) mass is 268 g/mol. The molecule has 0 bridgehead atoms. The van der Waals surface area contributed by atoms with Crippen molar-refractivity contribution in [2.24, 2.45) is 5.92 Å². The minimum absolute atomic E-state index is 0.716. The number of hydrogen-bond donors (Lipinski definition) is 1. The van der Waals surface area contributed by atoms with E-state index in [0.717, 1.165) is 5.92 Å². The highest BCUT2D eigenvalue weighted by Gasteiger charge is 2.26. The first-order valence-electron chi connectivity index (χ1n) is 8.13. The van der Waals surface area contributed by atoms with Gasteiger partial charge in [0.2, 0.25) is 0 Å². The molecule has 2 aromatic rings. The number of nitrogens with zero attached hydrogens (tertiary/aromatic N) is 1. The zero-order chi connectivity index (χ0) is 13.5. The van der Waals surface area contributed by atoms with E-state index >= 15 is 0 Å². The van der Waals surface area contributed by atoms with Crippen molar-refractivity contribution in [1.29, 1.82) is 0 Å². The van der Waals surface area contributed by atoms with Gasteiger partial charge in [0.15, 0.2) is 0 Å². The maximum Gasteiger partial charge on any atom is 0.0516 e. The third kappa shape index (κ3) is 1.89. The van der Waals surface area contributed by atoms with Crippen LogP contribution in [0.3, 0.4) is 0 Å². The van der Waals surface area contributed by atoms with Crippen LogP contribution >= 0.6 is 0 Å². The molecule has 20 heavy (non-hydrogen) atoms. The summed E-state index contributed by atoms with van der Waals surface area (Å²) in [6.45, 7) is 1.18. The van der Waals surface area contributed by atoms with Crippen LogP contribution < -0.4 is 5.32 Å². The first-order valence-corrected chi connectivity index (χ1v) is 8.13. The second-order valence-corrected chi connectivity index (χ2v) is 6.55. The molecule has 1 fully saturated rings. The van der Waals surface area contributed by atoms with Crippen molar-refractivity contribution in [3.8, 4) is 0 Å². The predicted octanol–water partition coefficient (Wildman–Crippen LogP) is 3.52. The highest BCUT2D eigenvalue weighted by Crippen LogP contribution is 2.34. The first kappa shape index (κ1) is 12.5. The fraction of sp³-hybridized carbons (Fsp3) is 0.556. The Hall–Kier alpha value is -1.28. The molecule has 2 aliphatic rings. The zero-order valence-corrected chi connectivity index (χ0v) is 12.4. The van der Waals surface area contributed by atoms with Crippen LogP contribution in [0.15, 0.2) is 24.4 Å². The maximum absolute atomic E-state index is 3.55. The van der Waals surface area contributed by atoms with Gasteiger partial charge in [-0.1, -0.05) is 31.0 Å². The van der Waals surface area contributed by atoms with Crippen LogP contribution in [-0.4, -0.2) is 17.7 Å². The lowest BCUT2D eigenvalue weighted by atomic mass is 9.80. The van der Waals surface area contributed by atoms with Gasteiger partial charge in [-0.2, -0.15) is 0 Å². The van der Waals surface area contributed by atoms with Gasteiger partial charge in [0, 0.05) is 24.2 Å². The summed E-state index contributed by atoms with van der Waals surface area (Å²) in [4.78, 5) is 0. The van der Waals surface area contributed by atoms with Crippen molar-refractivity contribution in [3.05, 3.63) is 35.5 Å². The second-order valence-electron chi connectivity index (χ2n) is 6.55. The molecule has 1 N–H and O–H groups in total. The Bertz CT molecular complexity index is 626. The number of para-hydroxylation sites is 1. The van der Waals surface area contributed by atoms with Gasteiger partial charge in [-0.15, -0.1) is 0 Å². The Morgan fingerprint density at radius 3 is 3.05 bits per heavy atom. The van der Waals surface area contributed by atoms with E-state index in [9.17, 15) is 0 Å². The Balaban J connectivity index is 1.68. The van der Waals surface area contributed by atoms with E-state index in [1.165, 1.54) is 56.0 Å². The largest absolute Gasteiger partial charge is 0.347 e. The van der Waals surface area contributed by atoms with E-state index < -0.39 is 0 Å². The lowest BCUT2D eigenvalue weighted by Crippen LogP contribution is -2.37. The summed E-state index contributed by atoms with van der Waals surface area (Å²) in [5, 5.41) is 5.06. The molecule has 1 aromatic carbocycles. The minimum atomic E-state index is 0.716.